The summed E-state index contributed by atoms with van der Waals surface area (Å²) < 4.78 is 4.96. The largest absolute Gasteiger partial charge is 0.365 e. The maximum Gasteiger partial charge on any atom is 0.116 e. The van der Waals surface area contributed by atoms with Crippen LogP contribution in [0.2, 0.25) is 5.02 Å². The second-order valence-electron chi connectivity index (χ2n) is 3.13. The molecule has 0 aliphatic carbocycles. The molecule has 78 valence electrons. The Hall–Kier alpha value is -1.32. The summed E-state index contributed by atoms with van der Waals surface area (Å²) in [4.78, 5) is 4.25. The van der Waals surface area contributed by atoms with Crippen LogP contribution in [0.25, 0.3) is 10.9 Å². The van der Waals surface area contributed by atoms with Crippen LogP contribution >= 0.6 is 11.6 Å². The van der Waals surface area contributed by atoms with E-state index in [1.807, 2.05) is 24.3 Å². The lowest BCUT2D eigenvalue weighted by Gasteiger charge is -2.08. The molecule has 0 aliphatic rings. The lowest BCUT2D eigenvalue weighted by Crippen LogP contribution is -2.03. The molecule has 0 radical (unpaired) electrons. The van der Waals surface area contributed by atoms with Crippen LogP contribution in [0.4, 0.5) is 5.69 Å². The van der Waals surface area contributed by atoms with Gasteiger partial charge in [-0.05, 0) is 24.3 Å². The van der Waals surface area contributed by atoms with E-state index in [9.17, 15) is 0 Å². The molecular weight excluding hydrogens is 212 g/mol. The Morgan fingerprint density at radius 2 is 2.27 bits per heavy atom. The van der Waals surface area contributed by atoms with Gasteiger partial charge in [-0.25, -0.2) is 0 Å². The van der Waals surface area contributed by atoms with Crippen LogP contribution in [0.1, 0.15) is 0 Å². The van der Waals surface area contributed by atoms with Crippen molar-refractivity contribution in [3.63, 3.8) is 0 Å². The van der Waals surface area contributed by atoms with Crippen molar-refractivity contribution >= 4 is 28.2 Å². The van der Waals surface area contributed by atoms with E-state index >= 15 is 0 Å². The van der Waals surface area contributed by atoms with Crippen molar-refractivity contribution in [3.8, 4) is 0 Å². The number of rotatable bonds is 3. The molecular formula is C11H11ClN2O. The molecule has 0 aliphatic heterocycles. The summed E-state index contributed by atoms with van der Waals surface area (Å²) in [5.74, 6) is 0. The van der Waals surface area contributed by atoms with Crippen LogP contribution in [0.5, 0.6) is 0 Å². The molecule has 0 fully saturated rings. The molecule has 0 unspecified atom stereocenters. The molecule has 0 atom stereocenters. The molecule has 0 saturated carbocycles. The van der Waals surface area contributed by atoms with Crippen LogP contribution in [-0.2, 0) is 4.74 Å². The van der Waals surface area contributed by atoms with E-state index < -0.39 is 0 Å². The fraction of sp³-hybridized carbons (Fsp3) is 0.182. The fourth-order valence-electron chi connectivity index (χ4n) is 1.43. The van der Waals surface area contributed by atoms with Crippen molar-refractivity contribution in [1.29, 1.82) is 0 Å². The minimum absolute atomic E-state index is 0.474. The molecule has 2 rings (SSSR count). The van der Waals surface area contributed by atoms with Gasteiger partial charge in [-0.15, -0.1) is 0 Å². The Balaban J connectivity index is 2.46. The number of hydrogen-bond donors (Lipinski definition) is 1. The summed E-state index contributed by atoms with van der Waals surface area (Å²) in [5, 5.41) is 4.89. The molecule has 1 N–H and O–H groups in total. The number of pyridine rings is 1. The zero-order chi connectivity index (χ0) is 10.7. The highest BCUT2D eigenvalue weighted by atomic mass is 35.5. The number of ether oxygens (including phenoxy) is 1. The molecule has 15 heavy (non-hydrogen) atoms. The third-order valence-corrected chi connectivity index (χ3v) is 2.35. The van der Waals surface area contributed by atoms with Gasteiger partial charge in [0.25, 0.3) is 0 Å². The molecule has 4 heteroatoms. The van der Waals surface area contributed by atoms with Gasteiger partial charge in [0.2, 0.25) is 0 Å². The first-order valence-electron chi connectivity index (χ1n) is 4.58. The predicted octanol–water partition coefficient (Wildman–Crippen LogP) is 2.90. The highest BCUT2D eigenvalue weighted by Gasteiger charge is 2.01. The number of hydrogen-bond acceptors (Lipinski definition) is 3. The maximum absolute atomic E-state index is 5.89. The molecule has 0 saturated heterocycles. The number of halogens is 1. The smallest absolute Gasteiger partial charge is 0.116 e. The average molecular weight is 223 g/mol. The number of nitrogens with one attached hydrogen (secondary N) is 1. The van der Waals surface area contributed by atoms with E-state index in [2.05, 4.69) is 10.3 Å². The summed E-state index contributed by atoms with van der Waals surface area (Å²) in [5.41, 5.74) is 1.88. The zero-order valence-electron chi connectivity index (χ0n) is 8.33. The molecule has 0 amide bonds. The van der Waals surface area contributed by atoms with Gasteiger partial charge in [-0.2, -0.15) is 0 Å². The normalized spacial score (nSPS) is 10.5. The van der Waals surface area contributed by atoms with E-state index in [1.165, 1.54) is 0 Å². The van der Waals surface area contributed by atoms with Crippen LogP contribution in [0, 0.1) is 0 Å². The van der Waals surface area contributed by atoms with Crippen LogP contribution < -0.4 is 5.32 Å². The van der Waals surface area contributed by atoms with Gasteiger partial charge in [-0.3, -0.25) is 4.98 Å². The highest BCUT2D eigenvalue weighted by Crippen LogP contribution is 2.23. The summed E-state index contributed by atoms with van der Waals surface area (Å²) in [7, 11) is 1.65. The summed E-state index contributed by atoms with van der Waals surface area (Å²) in [6, 6.07) is 7.55. The molecule has 1 heterocycles. The maximum atomic E-state index is 5.89. The molecule has 0 bridgehead atoms. The van der Waals surface area contributed by atoms with E-state index in [0.29, 0.717) is 11.8 Å². The number of nitrogens with zero attached hydrogens (tertiary/aromatic N) is 1. The van der Waals surface area contributed by atoms with Crippen molar-refractivity contribution in [2.75, 3.05) is 19.2 Å². The number of anilines is 1. The molecule has 0 spiro atoms. The Labute approximate surface area is 93.0 Å². The van der Waals surface area contributed by atoms with Crippen molar-refractivity contribution in [1.82, 2.24) is 4.98 Å². The quantitative estimate of drug-likeness (QED) is 0.811. The van der Waals surface area contributed by atoms with Crippen LogP contribution in [0.15, 0.2) is 30.5 Å². The van der Waals surface area contributed by atoms with E-state index in [0.717, 1.165) is 16.6 Å². The number of benzene rings is 1. The molecule has 2 aromatic rings. The van der Waals surface area contributed by atoms with Crippen molar-refractivity contribution < 1.29 is 4.74 Å². The van der Waals surface area contributed by atoms with Gasteiger partial charge in [0.05, 0.1) is 5.52 Å². The Morgan fingerprint density at radius 3 is 3.07 bits per heavy atom. The zero-order valence-corrected chi connectivity index (χ0v) is 9.08. The van der Waals surface area contributed by atoms with Gasteiger partial charge in [0.1, 0.15) is 6.73 Å². The Bertz CT molecular complexity index is 473. The number of aromatic nitrogens is 1. The lowest BCUT2D eigenvalue weighted by molar-refractivity contribution is 0.221. The second kappa shape index (κ2) is 4.47. The Morgan fingerprint density at radius 1 is 1.40 bits per heavy atom. The third-order valence-electron chi connectivity index (χ3n) is 2.11. The van der Waals surface area contributed by atoms with Crippen molar-refractivity contribution in [2.45, 2.75) is 0 Å². The number of methoxy groups -OCH3 is 1. The predicted molar refractivity (Wildman–Crippen MR) is 62.3 cm³/mol. The molecule has 3 nitrogen and oxygen atoms in total. The standard InChI is InChI=1S/C11H11ClN2O/c1-15-7-14-10-4-5-13-11-6-8(12)2-3-9(10)11/h2-6H,7H2,1H3,(H,13,14). The van der Waals surface area contributed by atoms with Crippen molar-refractivity contribution in [3.05, 3.63) is 35.5 Å². The topological polar surface area (TPSA) is 34.1 Å². The van der Waals surface area contributed by atoms with Gasteiger partial charge >= 0.3 is 0 Å². The minimum Gasteiger partial charge on any atom is -0.365 e. The Kier molecular flexibility index (Phi) is 3.04. The van der Waals surface area contributed by atoms with Gasteiger partial charge in [-0.1, -0.05) is 11.6 Å². The summed E-state index contributed by atoms with van der Waals surface area (Å²) in [6.07, 6.45) is 1.75. The van der Waals surface area contributed by atoms with E-state index in [-0.39, 0.29) is 0 Å². The monoisotopic (exact) mass is 222 g/mol. The fourth-order valence-corrected chi connectivity index (χ4v) is 1.59. The summed E-state index contributed by atoms with van der Waals surface area (Å²) in [6.45, 7) is 0.474. The first kappa shape index (κ1) is 10.2. The van der Waals surface area contributed by atoms with Gasteiger partial charge < -0.3 is 10.1 Å². The van der Waals surface area contributed by atoms with E-state index in [1.54, 1.807) is 13.3 Å². The molecule has 1 aromatic carbocycles. The van der Waals surface area contributed by atoms with Gasteiger partial charge in [0.15, 0.2) is 0 Å². The molecule has 1 aromatic heterocycles. The SMILES string of the molecule is COCNc1ccnc2cc(Cl)ccc12. The first-order chi connectivity index (χ1) is 7.31. The average Bonchev–Trinajstić information content (AvgIpc) is 2.25. The third kappa shape index (κ3) is 2.19. The highest BCUT2D eigenvalue weighted by molar-refractivity contribution is 6.31. The first-order valence-corrected chi connectivity index (χ1v) is 4.96. The number of fused-ring (bicyclic) bond motifs is 1. The summed E-state index contributed by atoms with van der Waals surface area (Å²) >= 11 is 5.89. The second-order valence-corrected chi connectivity index (χ2v) is 3.57. The lowest BCUT2D eigenvalue weighted by atomic mass is 10.2. The van der Waals surface area contributed by atoms with E-state index in [4.69, 9.17) is 16.3 Å². The van der Waals surface area contributed by atoms with Crippen LogP contribution in [0.3, 0.4) is 0 Å². The minimum atomic E-state index is 0.474. The van der Waals surface area contributed by atoms with Crippen molar-refractivity contribution in [2.24, 2.45) is 0 Å². The van der Waals surface area contributed by atoms with Gasteiger partial charge in [0, 0.05) is 29.4 Å². The van der Waals surface area contributed by atoms with Crippen LogP contribution in [-0.4, -0.2) is 18.8 Å².